The van der Waals surface area contributed by atoms with Gasteiger partial charge in [-0.15, -0.1) is 0 Å². The Balaban J connectivity index is 2.89. The summed E-state index contributed by atoms with van der Waals surface area (Å²) in [5.74, 6) is 1.40. The number of carbonyl (C=O) groups is 1. The molecule has 0 aromatic heterocycles. The maximum Gasteiger partial charge on any atom is 0.233 e. The molecule has 5 heteroatoms. The lowest BCUT2D eigenvalue weighted by Gasteiger charge is -2.18. The first kappa shape index (κ1) is 16.8. The van der Waals surface area contributed by atoms with E-state index in [0.29, 0.717) is 19.0 Å². The number of rotatable bonds is 7. The number of amides is 1. The fourth-order valence-electron chi connectivity index (χ4n) is 1.75. The van der Waals surface area contributed by atoms with Crippen LogP contribution in [-0.2, 0) is 4.79 Å². The molecular formula is C15H22BrNO3. The van der Waals surface area contributed by atoms with Crippen LogP contribution in [0.2, 0.25) is 0 Å². The third-order valence-electron chi connectivity index (χ3n) is 2.79. The third-order valence-corrected chi connectivity index (χ3v) is 3.20. The molecule has 20 heavy (non-hydrogen) atoms. The summed E-state index contributed by atoms with van der Waals surface area (Å²) in [6, 6.07) is 5.65. The van der Waals surface area contributed by atoms with Crippen molar-refractivity contribution in [1.82, 2.24) is 5.32 Å². The molecule has 0 radical (unpaired) electrons. The molecular weight excluding hydrogens is 322 g/mol. The lowest BCUT2D eigenvalue weighted by molar-refractivity contribution is -0.120. The van der Waals surface area contributed by atoms with Crippen molar-refractivity contribution in [2.24, 2.45) is 0 Å². The van der Waals surface area contributed by atoms with E-state index >= 15 is 0 Å². The van der Waals surface area contributed by atoms with Gasteiger partial charge in [-0.1, -0.05) is 22.0 Å². The fourth-order valence-corrected chi connectivity index (χ4v) is 1.88. The number of nitrogens with one attached hydrogen (secondary N) is 1. The van der Waals surface area contributed by atoms with Gasteiger partial charge in [-0.05, 0) is 45.4 Å². The van der Waals surface area contributed by atoms with Gasteiger partial charge in [-0.2, -0.15) is 0 Å². The van der Waals surface area contributed by atoms with Crippen molar-refractivity contribution in [1.29, 1.82) is 0 Å². The van der Waals surface area contributed by atoms with E-state index in [0.717, 1.165) is 11.3 Å². The normalized spacial score (nSPS) is 13.4. The van der Waals surface area contributed by atoms with Crippen LogP contribution >= 0.6 is 15.9 Å². The van der Waals surface area contributed by atoms with Crippen molar-refractivity contribution in [2.75, 3.05) is 13.2 Å². The minimum absolute atomic E-state index is 0.0376. The molecule has 2 unspecified atom stereocenters. The summed E-state index contributed by atoms with van der Waals surface area (Å²) < 4.78 is 11.1. The average molecular weight is 344 g/mol. The van der Waals surface area contributed by atoms with E-state index in [-0.39, 0.29) is 16.8 Å². The monoisotopic (exact) mass is 343 g/mol. The zero-order valence-corrected chi connectivity index (χ0v) is 14.0. The lowest BCUT2D eigenvalue weighted by atomic mass is 10.1. The molecule has 1 amide bonds. The number of alkyl halides is 1. The standard InChI is InChI=1S/C15H22BrNO3/c1-5-19-13-8-7-12(9-14(13)20-6-2)11(4)17-15(18)10(3)16/h7-11H,5-6H2,1-4H3,(H,17,18). The molecule has 1 N–H and O–H groups in total. The highest BCUT2D eigenvalue weighted by Gasteiger charge is 2.15. The van der Waals surface area contributed by atoms with Crippen LogP contribution < -0.4 is 14.8 Å². The first-order valence-electron chi connectivity index (χ1n) is 6.83. The number of ether oxygens (including phenoxy) is 2. The molecule has 4 nitrogen and oxygen atoms in total. The van der Waals surface area contributed by atoms with Crippen LogP contribution in [0, 0.1) is 0 Å². The van der Waals surface area contributed by atoms with Gasteiger partial charge in [0.1, 0.15) is 0 Å². The quantitative estimate of drug-likeness (QED) is 0.771. The highest BCUT2D eigenvalue weighted by Crippen LogP contribution is 2.30. The van der Waals surface area contributed by atoms with E-state index in [9.17, 15) is 4.79 Å². The maximum atomic E-state index is 11.7. The molecule has 1 aromatic rings. The molecule has 0 fully saturated rings. The van der Waals surface area contributed by atoms with Crippen molar-refractivity contribution >= 4 is 21.8 Å². The van der Waals surface area contributed by atoms with Crippen molar-refractivity contribution < 1.29 is 14.3 Å². The van der Waals surface area contributed by atoms with Gasteiger partial charge in [0.2, 0.25) is 5.91 Å². The number of carbonyl (C=O) groups excluding carboxylic acids is 1. The van der Waals surface area contributed by atoms with Crippen LogP contribution in [0.25, 0.3) is 0 Å². The molecule has 0 saturated heterocycles. The largest absolute Gasteiger partial charge is 0.490 e. The number of benzene rings is 1. The third kappa shape index (κ3) is 4.71. The van der Waals surface area contributed by atoms with Crippen LogP contribution in [0.4, 0.5) is 0 Å². The minimum atomic E-state index is -0.209. The van der Waals surface area contributed by atoms with Gasteiger partial charge >= 0.3 is 0 Å². The Morgan fingerprint density at radius 1 is 1.20 bits per heavy atom. The molecule has 1 rings (SSSR count). The second kappa shape index (κ2) is 8.15. The smallest absolute Gasteiger partial charge is 0.233 e. The van der Waals surface area contributed by atoms with Crippen LogP contribution in [0.15, 0.2) is 18.2 Å². The summed E-state index contributed by atoms with van der Waals surface area (Å²) in [5.41, 5.74) is 0.985. The van der Waals surface area contributed by atoms with E-state index < -0.39 is 0 Å². The molecule has 0 aliphatic carbocycles. The predicted molar refractivity (Wildman–Crippen MR) is 83.7 cm³/mol. The zero-order chi connectivity index (χ0) is 15.1. The second-order valence-corrected chi connectivity index (χ2v) is 5.79. The summed E-state index contributed by atoms with van der Waals surface area (Å²) in [6.07, 6.45) is 0. The molecule has 0 aliphatic heterocycles. The van der Waals surface area contributed by atoms with E-state index in [2.05, 4.69) is 21.2 Å². The van der Waals surface area contributed by atoms with Crippen LogP contribution in [0.3, 0.4) is 0 Å². The first-order valence-corrected chi connectivity index (χ1v) is 7.75. The Hall–Kier alpha value is -1.23. The van der Waals surface area contributed by atoms with Crippen molar-refractivity contribution in [3.05, 3.63) is 23.8 Å². The van der Waals surface area contributed by atoms with Gasteiger partial charge in [0.05, 0.1) is 24.1 Å². The topological polar surface area (TPSA) is 47.6 Å². The molecule has 112 valence electrons. The first-order chi connectivity index (χ1) is 9.49. The Morgan fingerprint density at radius 3 is 2.35 bits per heavy atom. The zero-order valence-electron chi connectivity index (χ0n) is 12.4. The Morgan fingerprint density at radius 2 is 1.80 bits per heavy atom. The number of hydrogen-bond donors (Lipinski definition) is 1. The summed E-state index contributed by atoms with van der Waals surface area (Å²) in [6.45, 7) is 8.77. The summed E-state index contributed by atoms with van der Waals surface area (Å²) >= 11 is 3.26. The average Bonchev–Trinajstić information content (AvgIpc) is 2.41. The summed E-state index contributed by atoms with van der Waals surface area (Å²) in [4.78, 5) is 11.5. The predicted octanol–water partition coefficient (Wildman–Crippen LogP) is 3.44. The molecule has 0 aliphatic rings. The highest BCUT2D eigenvalue weighted by molar-refractivity contribution is 9.10. The molecule has 0 bridgehead atoms. The molecule has 0 spiro atoms. The number of halogens is 1. The highest BCUT2D eigenvalue weighted by atomic mass is 79.9. The summed E-state index contributed by atoms with van der Waals surface area (Å²) in [5, 5.41) is 2.93. The molecule has 0 saturated carbocycles. The molecule has 0 heterocycles. The minimum Gasteiger partial charge on any atom is -0.490 e. The van der Waals surface area contributed by atoms with Crippen LogP contribution in [-0.4, -0.2) is 23.9 Å². The van der Waals surface area contributed by atoms with Gasteiger partial charge in [0, 0.05) is 0 Å². The molecule has 2 atom stereocenters. The maximum absolute atomic E-state index is 11.7. The van der Waals surface area contributed by atoms with Crippen molar-refractivity contribution in [2.45, 2.75) is 38.6 Å². The lowest BCUT2D eigenvalue weighted by Crippen LogP contribution is -2.31. The van der Waals surface area contributed by atoms with E-state index in [1.807, 2.05) is 39.0 Å². The SMILES string of the molecule is CCOc1ccc(C(C)NC(=O)C(C)Br)cc1OCC. The van der Waals surface area contributed by atoms with E-state index in [4.69, 9.17) is 9.47 Å². The van der Waals surface area contributed by atoms with Gasteiger partial charge in [-0.25, -0.2) is 0 Å². The number of hydrogen-bond acceptors (Lipinski definition) is 3. The van der Waals surface area contributed by atoms with Crippen LogP contribution in [0.1, 0.15) is 39.3 Å². The summed E-state index contributed by atoms with van der Waals surface area (Å²) in [7, 11) is 0. The van der Waals surface area contributed by atoms with Gasteiger partial charge in [0.15, 0.2) is 11.5 Å². The van der Waals surface area contributed by atoms with Crippen molar-refractivity contribution in [3.8, 4) is 11.5 Å². The van der Waals surface area contributed by atoms with Gasteiger partial charge in [-0.3, -0.25) is 4.79 Å². The van der Waals surface area contributed by atoms with Crippen LogP contribution in [0.5, 0.6) is 11.5 Å². The Bertz CT molecular complexity index is 449. The van der Waals surface area contributed by atoms with E-state index in [1.165, 1.54) is 0 Å². The van der Waals surface area contributed by atoms with Gasteiger partial charge in [0.25, 0.3) is 0 Å². The van der Waals surface area contributed by atoms with E-state index in [1.54, 1.807) is 6.92 Å². The Kier molecular flexibility index (Phi) is 6.85. The fraction of sp³-hybridized carbons (Fsp3) is 0.533. The Labute approximate surface area is 129 Å². The molecule has 1 aromatic carbocycles. The van der Waals surface area contributed by atoms with Gasteiger partial charge < -0.3 is 14.8 Å². The second-order valence-electron chi connectivity index (χ2n) is 4.42. The van der Waals surface area contributed by atoms with Crippen molar-refractivity contribution in [3.63, 3.8) is 0 Å².